The maximum absolute atomic E-state index is 11.8. The molecule has 0 aliphatic rings. The van der Waals surface area contributed by atoms with Gasteiger partial charge >= 0.3 is 0 Å². The molecule has 0 radical (unpaired) electrons. The molecular formula is C13H12BrN3O. The van der Waals surface area contributed by atoms with Gasteiger partial charge in [-0.25, -0.2) is 4.98 Å². The standard InChI is InChI=1S/C13H12BrN3O/c14-10-3-1-9(2-4-10)7-17-13(18)12-6-5-11(15)8-16-12/h1-6,8H,7,15H2,(H,17,18). The Labute approximate surface area is 113 Å². The zero-order chi connectivity index (χ0) is 13.0. The molecular weight excluding hydrogens is 294 g/mol. The Morgan fingerprint density at radius 2 is 1.94 bits per heavy atom. The van der Waals surface area contributed by atoms with Crippen molar-refractivity contribution < 1.29 is 4.79 Å². The van der Waals surface area contributed by atoms with Crippen LogP contribution in [0.15, 0.2) is 47.1 Å². The molecule has 0 unspecified atom stereocenters. The smallest absolute Gasteiger partial charge is 0.270 e. The van der Waals surface area contributed by atoms with Crippen LogP contribution < -0.4 is 11.1 Å². The Kier molecular flexibility index (Phi) is 3.94. The van der Waals surface area contributed by atoms with Crippen LogP contribution in [0.2, 0.25) is 0 Å². The van der Waals surface area contributed by atoms with Crippen LogP contribution in [0.1, 0.15) is 16.1 Å². The minimum absolute atomic E-state index is 0.210. The molecule has 0 fully saturated rings. The van der Waals surface area contributed by atoms with Crippen molar-refractivity contribution in [1.29, 1.82) is 0 Å². The van der Waals surface area contributed by atoms with E-state index in [2.05, 4.69) is 26.2 Å². The van der Waals surface area contributed by atoms with Crippen LogP contribution in [0, 0.1) is 0 Å². The van der Waals surface area contributed by atoms with Crippen molar-refractivity contribution in [2.75, 3.05) is 5.73 Å². The molecule has 2 aromatic rings. The number of hydrogen-bond acceptors (Lipinski definition) is 3. The number of nitrogens with two attached hydrogens (primary N) is 1. The second-order valence-corrected chi connectivity index (χ2v) is 4.70. The number of aromatic nitrogens is 1. The molecule has 4 nitrogen and oxygen atoms in total. The van der Waals surface area contributed by atoms with Gasteiger partial charge in [-0.05, 0) is 29.8 Å². The summed E-state index contributed by atoms with van der Waals surface area (Å²) in [6.07, 6.45) is 1.47. The van der Waals surface area contributed by atoms with Crippen LogP contribution >= 0.6 is 15.9 Å². The van der Waals surface area contributed by atoms with Gasteiger partial charge in [0.15, 0.2) is 0 Å². The van der Waals surface area contributed by atoms with Crippen LogP contribution in [0.4, 0.5) is 5.69 Å². The van der Waals surface area contributed by atoms with Crippen molar-refractivity contribution in [2.45, 2.75) is 6.54 Å². The van der Waals surface area contributed by atoms with Gasteiger partial charge in [-0.2, -0.15) is 0 Å². The highest BCUT2D eigenvalue weighted by Gasteiger charge is 2.05. The Hall–Kier alpha value is -1.88. The molecule has 0 saturated carbocycles. The molecule has 18 heavy (non-hydrogen) atoms. The number of nitrogens with one attached hydrogen (secondary N) is 1. The summed E-state index contributed by atoms with van der Waals surface area (Å²) >= 11 is 3.36. The molecule has 1 heterocycles. The number of halogens is 1. The number of amides is 1. The summed E-state index contributed by atoms with van der Waals surface area (Å²) < 4.78 is 1.01. The molecule has 1 aromatic heterocycles. The number of benzene rings is 1. The summed E-state index contributed by atoms with van der Waals surface area (Å²) in [5.74, 6) is -0.210. The minimum atomic E-state index is -0.210. The lowest BCUT2D eigenvalue weighted by atomic mass is 10.2. The molecule has 0 atom stereocenters. The zero-order valence-electron chi connectivity index (χ0n) is 9.56. The molecule has 0 aliphatic heterocycles. The van der Waals surface area contributed by atoms with E-state index in [1.807, 2.05) is 24.3 Å². The van der Waals surface area contributed by atoms with E-state index in [1.54, 1.807) is 12.1 Å². The van der Waals surface area contributed by atoms with Gasteiger partial charge in [-0.1, -0.05) is 28.1 Å². The van der Waals surface area contributed by atoms with Crippen molar-refractivity contribution in [3.63, 3.8) is 0 Å². The second kappa shape index (κ2) is 5.64. The van der Waals surface area contributed by atoms with Gasteiger partial charge in [0, 0.05) is 11.0 Å². The summed E-state index contributed by atoms with van der Waals surface area (Å²) in [4.78, 5) is 15.7. The molecule has 3 N–H and O–H groups in total. The minimum Gasteiger partial charge on any atom is -0.397 e. The molecule has 1 amide bonds. The SMILES string of the molecule is Nc1ccc(C(=O)NCc2ccc(Br)cc2)nc1. The van der Waals surface area contributed by atoms with Crippen LogP contribution in [0.25, 0.3) is 0 Å². The number of nitrogens with zero attached hydrogens (tertiary/aromatic N) is 1. The molecule has 0 bridgehead atoms. The fourth-order valence-electron chi connectivity index (χ4n) is 1.41. The number of carbonyl (C=O) groups excluding carboxylic acids is 1. The third-order valence-electron chi connectivity index (χ3n) is 2.39. The van der Waals surface area contributed by atoms with Crippen molar-refractivity contribution in [1.82, 2.24) is 10.3 Å². The molecule has 0 spiro atoms. The predicted octanol–water partition coefficient (Wildman–Crippen LogP) is 2.36. The van der Waals surface area contributed by atoms with Crippen LogP contribution in [0.5, 0.6) is 0 Å². The Morgan fingerprint density at radius 1 is 1.22 bits per heavy atom. The predicted molar refractivity (Wildman–Crippen MR) is 74.0 cm³/mol. The van der Waals surface area contributed by atoms with E-state index in [-0.39, 0.29) is 5.91 Å². The van der Waals surface area contributed by atoms with E-state index in [4.69, 9.17) is 5.73 Å². The zero-order valence-corrected chi connectivity index (χ0v) is 11.1. The highest BCUT2D eigenvalue weighted by Crippen LogP contribution is 2.10. The first kappa shape index (κ1) is 12.6. The number of pyridine rings is 1. The third kappa shape index (κ3) is 3.30. The molecule has 0 saturated heterocycles. The van der Waals surface area contributed by atoms with Crippen LogP contribution in [-0.2, 0) is 6.54 Å². The lowest BCUT2D eigenvalue weighted by molar-refractivity contribution is 0.0946. The van der Waals surface area contributed by atoms with E-state index >= 15 is 0 Å². The van der Waals surface area contributed by atoms with Gasteiger partial charge in [-0.3, -0.25) is 4.79 Å². The average molecular weight is 306 g/mol. The lowest BCUT2D eigenvalue weighted by Crippen LogP contribution is -2.23. The number of anilines is 1. The topological polar surface area (TPSA) is 68.0 Å². The molecule has 1 aromatic carbocycles. The summed E-state index contributed by atoms with van der Waals surface area (Å²) in [7, 11) is 0. The molecule has 92 valence electrons. The molecule has 0 aliphatic carbocycles. The van der Waals surface area contributed by atoms with Gasteiger partial charge in [0.1, 0.15) is 5.69 Å². The van der Waals surface area contributed by atoms with Crippen LogP contribution in [-0.4, -0.2) is 10.9 Å². The van der Waals surface area contributed by atoms with E-state index in [9.17, 15) is 4.79 Å². The van der Waals surface area contributed by atoms with Gasteiger partial charge in [0.05, 0.1) is 11.9 Å². The third-order valence-corrected chi connectivity index (χ3v) is 2.91. The van der Waals surface area contributed by atoms with Crippen molar-refractivity contribution in [2.24, 2.45) is 0 Å². The Bertz CT molecular complexity index is 537. The quantitative estimate of drug-likeness (QED) is 0.914. The monoisotopic (exact) mass is 305 g/mol. The first-order valence-electron chi connectivity index (χ1n) is 5.39. The van der Waals surface area contributed by atoms with Gasteiger partial charge < -0.3 is 11.1 Å². The largest absolute Gasteiger partial charge is 0.397 e. The summed E-state index contributed by atoms with van der Waals surface area (Å²) in [5.41, 5.74) is 7.44. The van der Waals surface area contributed by atoms with E-state index in [0.717, 1.165) is 10.0 Å². The van der Waals surface area contributed by atoms with Crippen molar-refractivity contribution >= 4 is 27.5 Å². The summed E-state index contributed by atoms with van der Waals surface area (Å²) in [5, 5.41) is 2.80. The van der Waals surface area contributed by atoms with Gasteiger partial charge in [0.25, 0.3) is 5.91 Å². The van der Waals surface area contributed by atoms with Gasteiger partial charge in [0.2, 0.25) is 0 Å². The van der Waals surface area contributed by atoms with Crippen molar-refractivity contribution in [3.8, 4) is 0 Å². The van der Waals surface area contributed by atoms with E-state index in [1.165, 1.54) is 6.20 Å². The molecule has 5 heteroatoms. The average Bonchev–Trinajstić information content (AvgIpc) is 2.38. The fourth-order valence-corrected chi connectivity index (χ4v) is 1.68. The van der Waals surface area contributed by atoms with E-state index in [0.29, 0.717) is 17.9 Å². The number of nitrogen functional groups attached to an aromatic ring is 1. The van der Waals surface area contributed by atoms with Crippen molar-refractivity contribution in [3.05, 3.63) is 58.3 Å². The fraction of sp³-hybridized carbons (Fsp3) is 0.0769. The van der Waals surface area contributed by atoms with E-state index < -0.39 is 0 Å². The maximum atomic E-state index is 11.8. The maximum Gasteiger partial charge on any atom is 0.270 e. The highest BCUT2D eigenvalue weighted by molar-refractivity contribution is 9.10. The summed E-state index contributed by atoms with van der Waals surface area (Å²) in [6, 6.07) is 11.0. The first-order valence-corrected chi connectivity index (χ1v) is 6.18. The summed E-state index contributed by atoms with van der Waals surface area (Å²) in [6.45, 7) is 0.470. The second-order valence-electron chi connectivity index (χ2n) is 3.79. The normalized spacial score (nSPS) is 10.1. The Morgan fingerprint density at radius 3 is 2.56 bits per heavy atom. The van der Waals surface area contributed by atoms with Crippen LogP contribution in [0.3, 0.4) is 0 Å². The molecule has 2 rings (SSSR count). The lowest BCUT2D eigenvalue weighted by Gasteiger charge is -2.05. The first-order chi connectivity index (χ1) is 8.65. The highest BCUT2D eigenvalue weighted by atomic mass is 79.9. The number of rotatable bonds is 3. The number of hydrogen-bond donors (Lipinski definition) is 2. The van der Waals surface area contributed by atoms with Gasteiger partial charge in [-0.15, -0.1) is 0 Å². The Balaban J connectivity index is 1.96. The number of carbonyl (C=O) groups is 1.